The molecule has 0 aromatic heterocycles. The summed E-state index contributed by atoms with van der Waals surface area (Å²) in [4.78, 5) is 19.6. The van der Waals surface area contributed by atoms with Crippen LogP contribution in [0.25, 0.3) is 0 Å². The van der Waals surface area contributed by atoms with Gasteiger partial charge in [-0.05, 0) is 68.3 Å². The van der Waals surface area contributed by atoms with E-state index in [0.29, 0.717) is 22.4 Å². The van der Waals surface area contributed by atoms with Gasteiger partial charge in [0.05, 0.1) is 17.8 Å². The van der Waals surface area contributed by atoms with E-state index in [0.717, 1.165) is 36.6 Å². The van der Waals surface area contributed by atoms with Gasteiger partial charge in [0.15, 0.2) is 5.17 Å². The smallest absolute Gasteiger partial charge is 0.264 e. The Hall–Kier alpha value is -2.02. The van der Waals surface area contributed by atoms with Crippen LogP contribution in [0.4, 0.5) is 5.69 Å². The molecular weight excluding hydrogens is 408 g/mol. The Bertz CT molecular complexity index is 880. The topological polar surface area (TPSA) is 51.1 Å². The summed E-state index contributed by atoms with van der Waals surface area (Å²) in [6, 6.07) is 14.7. The standard InChI is InChI=1S/C22H23ClN2O3S/c1-15-14-29-22(24-15)25(18-8-6-17(23)7-9-18)21(26)16-4-10-19(11-5-16)28-13-20-3-2-12-27-20/h4-11,15,20H,2-3,12-14H2,1H3/t15-,20+/m1/s1. The van der Waals surface area contributed by atoms with Crippen molar-refractivity contribution in [3.8, 4) is 5.75 Å². The van der Waals surface area contributed by atoms with Crippen molar-refractivity contribution in [3.05, 3.63) is 59.1 Å². The molecule has 1 saturated heterocycles. The zero-order valence-electron chi connectivity index (χ0n) is 16.2. The highest BCUT2D eigenvalue weighted by molar-refractivity contribution is 8.14. The number of amidine groups is 1. The second kappa shape index (κ2) is 9.20. The molecule has 0 N–H and O–H groups in total. The van der Waals surface area contributed by atoms with Crippen LogP contribution in [0.5, 0.6) is 5.75 Å². The van der Waals surface area contributed by atoms with Gasteiger partial charge in [-0.15, -0.1) is 0 Å². The number of hydrogen-bond donors (Lipinski definition) is 0. The largest absolute Gasteiger partial charge is 0.491 e. The maximum absolute atomic E-state index is 13.3. The van der Waals surface area contributed by atoms with Crippen LogP contribution in [0.2, 0.25) is 5.02 Å². The van der Waals surface area contributed by atoms with E-state index in [9.17, 15) is 4.79 Å². The number of rotatable bonds is 5. The van der Waals surface area contributed by atoms with Gasteiger partial charge in [-0.2, -0.15) is 0 Å². The molecule has 0 bridgehead atoms. The third kappa shape index (κ3) is 4.94. The first kappa shape index (κ1) is 20.3. The van der Waals surface area contributed by atoms with E-state index in [1.165, 1.54) is 0 Å². The van der Waals surface area contributed by atoms with Crippen molar-refractivity contribution in [3.63, 3.8) is 0 Å². The first-order valence-corrected chi connectivity index (χ1v) is 11.1. The zero-order chi connectivity index (χ0) is 20.2. The number of carbonyl (C=O) groups is 1. The maximum atomic E-state index is 13.3. The lowest BCUT2D eigenvalue weighted by molar-refractivity contribution is 0.0679. The predicted octanol–water partition coefficient (Wildman–Crippen LogP) is 5.04. The Morgan fingerprint density at radius 1 is 1.24 bits per heavy atom. The maximum Gasteiger partial charge on any atom is 0.264 e. The van der Waals surface area contributed by atoms with E-state index in [1.54, 1.807) is 40.9 Å². The summed E-state index contributed by atoms with van der Waals surface area (Å²) >= 11 is 7.62. The molecule has 0 spiro atoms. The highest BCUT2D eigenvalue weighted by Gasteiger charge is 2.27. The molecular formula is C22H23ClN2O3S. The lowest BCUT2D eigenvalue weighted by Crippen LogP contribution is -2.34. The average molecular weight is 431 g/mol. The van der Waals surface area contributed by atoms with Gasteiger partial charge in [0.2, 0.25) is 0 Å². The molecule has 1 fully saturated rings. The van der Waals surface area contributed by atoms with E-state index in [2.05, 4.69) is 4.99 Å². The van der Waals surface area contributed by atoms with Crippen LogP contribution >= 0.6 is 23.4 Å². The first-order chi connectivity index (χ1) is 14.1. The van der Waals surface area contributed by atoms with Crippen molar-refractivity contribution >= 4 is 40.1 Å². The van der Waals surface area contributed by atoms with Gasteiger partial charge in [-0.1, -0.05) is 23.4 Å². The van der Waals surface area contributed by atoms with Crippen LogP contribution in [0.3, 0.4) is 0 Å². The second-order valence-electron chi connectivity index (χ2n) is 7.16. The number of nitrogens with zero attached hydrogens (tertiary/aromatic N) is 2. The lowest BCUT2D eigenvalue weighted by atomic mass is 10.1. The molecule has 4 rings (SSSR count). The summed E-state index contributed by atoms with van der Waals surface area (Å²) in [7, 11) is 0. The van der Waals surface area contributed by atoms with Gasteiger partial charge in [-0.25, -0.2) is 0 Å². The highest BCUT2D eigenvalue weighted by atomic mass is 35.5. The van der Waals surface area contributed by atoms with Crippen LogP contribution < -0.4 is 9.64 Å². The van der Waals surface area contributed by atoms with E-state index < -0.39 is 0 Å². The Morgan fingerprint density at radius 2 is 2.00 bits per heavy atom. The number of thioether (sulfide) groups is 1. The Labute approximate surface area is 180 Å². The Morgan fingerprint density at radius 3 is 2.62 bits per heavy atom. The molecule has 2 aliphatic rings. The molecule has 2 atom stereocenters. The summed E-state index contributed by atoms with van der Waals surface area (Å²) in [5.41, 5.74) is 1.32. The molecule has 0 unspecified atom stereocenters. The third-order valence-corrected chi connectivity index (χ3v) is 6.27. The third-order valence-electron chi connectivity index (χ3n) is 4.82. The number of aliphatic imine (C=N–C) groups is 1. The SMILES string of the molecule is C[C@@H]1CSC(N(C(=O)c2ccc(OC[C@@H]3CCCO3)cc2)c2ccc(Cl)cc2)=N1. The number of hydrogen-bond acceptors (Lipinski definition) is 5. The number of halogens is 1. The summed E-state index contributed by atoms with van der Waals surface area (Å²) in [6.45, 7) is 3.39. The van der Waals surface area contributed by atoms with Crippen molar-refractivity contribution in [2.75, 3.05) is 23.9 Å². The van der Waals surface area contributed by atoms with E-state index >= 15 is 0 Å². The Balaban J connectivity index is 1.52. The molecule has 7 heteroatoms. The number of amides is 1. The number of anilines is 1. The predicted molar refractivity (Wildman–Crippen MR) is 119 cm³/mol. The van der Waals surface area contributed by atoms with Crippen molar-refractivity contribution in [1.29, 1.82) is 0 Å². The monoisotopic (exact) mass is 430 g/mol. The molecule has 29 heavy (non-hydrogen) atoms. The minimum absolute atomic E-state index is 0.127. The van der Waals surface area contributed by atoms with Gasteiger partial charge in [0.25, 0.3) is 5.91 Å². The number of ether oxygens (including phenoxy) is 2. The zero-order valence-corrected chi connectivity index (χ0v) is 17.8. The molecule has 0 aliphatic carbocycles. The molecule has 2 heterocycles. The highest BCUT2D eigenvalue weighted by Crippen LogP contribution is 2.29. The number of carbonyl (C=O) groups excluding carboxylic acids is 1. The molecule has 2 aliphatic heterocycles. The fourth-order valence-corrected chi connectivity index (χ4v) is 4.44. The molecule has 152 valence electrons. The van der Waals surface area contributed by atoms with Gasteiger partial charge in [0, 0.05) is 22.9 Å². The molecule has 2 aromatic carbocycles. The molecule has 0 saturated carbocycles. The fraction of sp³-hybridized carbons (Fsp3) is 0.364. The van der Waals surface area contributed by atoms with Crippen molar-refractivity contribution in [2.45, 2.75) is 31.9 Å². The molecule has 0 radical (unpaired) electrons. The summed E-state index contributed by atoms with van der Waals surface area (Å²) < 4.78 is 11.4. The van der Waals surface area contributed by atoms with Gasteiger partial charge >= 0.3 is 0 Å². The van der Waals surface area contributed by atoms with Crippen molar-refractivity contribution in [2.24, 2.45) is 4.99 Å². The first-order valence-electron chi connectivity index (χ1n) is 9.75. The van der Waals surface area contributed by atoms with Crippen LogP contribution in [-0.4, -0.2) is 42.2 Å². The van der Waals surface area contributed by atoms with Gasteiger partial charge in [0.1, 0.15) is 12.4 Å². The van der Waals surface area contributed by atoms with Crippen LogP contribution in [0.1, 0.15) is 30.1 Å². The minimum Gasteiger partial charge on any atom is -0.491 e. The Kier molecular flexibility index (Phi) is 6.43. The van der Waals surface area contributed by atoms with Crippen LogP contribution in [0.15, 0.2) is 53.5 Å². The average Bonchev–Trinajstić information content (AvgIpc) is 3.40. The quantitative estimate of drug-likeness (QED) is 0.667. The normalized spacial score (nSPS) is 21.1. The second-order valence-corrected chi connectivity index (χ2v) is 8.58. The minimum atomic E-state index is -0.127. The van der Waals surface area contributed by atoms with Crippen molar-refractivity contribution < 1.29 is 14.3 Å². The molecule has 5 nitrogen and oxygen atoms in total. The van der Waals surface area contributed by atoms with E-state index in [-0.39, 0.29) is 18.1 Å². The summed E-state index contributed by atoms with van der Waals surface area (Å²) in [6.07, 6.45) is 2.28. The van der Waals surface area contributed by atoms with E-state index in [1.807, 2.05) is 31.2 Å². The molecule has 2 aromatic rings. The molecule has 1 amide bonds. The summed E-state index contributed by atoms with van der Waals surface area (Å²) in [5, 5.41) is 1.34. The summed E-state index contributed by atoms with van der Waals surface area (Å²) in [5.74, 6) is 1.47. The van der Waals surface area contributed by atoms with Crippen LogP contribution in [-0.2, 0) is 4.74 Å². The fourth-order valence-electron chi connectivity index (χ4n) is 3.27. The number of benzene rings is 2. The van der Waals surface area contributed by atoms with Gasteiger partial charge in [-0.3, -0.25) is 14.7 Å². The van der Waals surface area contributed by atoms with Gasteiger partial charge < -0.3 is 9.47 Å². The lowest BCUT2D eigenvalue weighted by Gasteiger charge is -2.22. The van der Waals surface area contributed by atoms with Crippen molar-refractivity contribution in [1.82, 2.24) is 0 Å². The van der Waals surface area contributed by atoms with Crippen LogP contribution in [0, 0.1) is 0 Å². The van der Waals surface area contributed by atoms with E-state index in [4.69, 9.17) is 21.1 Å².